The summed E-state index contributed by atoms with van der Waals surface area (Å²) in [6.45, 7) is 3.77. The summed E-state index contributed by atoms with van der Waals surface area (Å²) in [6.07, 6.45) is 6.14. The van der Waals surface area contributed by atoms with Gasteiger partial charge in [0.2, 0.25) is 0 Å². The van der Waals surface area contributed by atoms with Crippen LogP contribution in [0.15, 0.2) is 109 Å². The largest absolute Gasteiger partial charge is 0.493 e. The molecule has 2 N–H and O–H groups in total. The van der Waals surface area contributed by atoms with E-state index in [1.54, 1.807) is 30.4 Å². The number of nitrogens with zero attached hydrogens (tertiary/aromatic N) is 3. The number of nitrogens with one attached hydrogen (secondary N) is 1. The Labute approximate surface area is 273 Å². The van der Waals surface area contributed by atoms with Crippen molar-refractivity contribution in [2.24, 2.45) is 0 Å². The first kappa shape index (κ1) is 31.9. The standard InChI is InChI=1S/C37H34N4O4S/c1-26-35(40-46-2)6-3-7-36(26)41(24-29-10-8-27(22-38)9-11-29)25-30-12-14-32(15-13-30)45-34-20-31(37(42)43)19-33(21-34)44-18-16-28-5-4-17-39-23-28/h3-15,17,19-21,23,40H,16,18,24-25H2,1-2H3,(H,42,43). The molecule has 1 heterocycles. The maximum atomic E-state index is 11.8. The van der Waals surface area contributed by atoms with Gasteiger partial charge in [0.15, 0.2) is 0 Å². The minimum absolute atomic E-state index is 0.0810. The van der Waals surface area contributed by atoms with Crippen molar-refractivity contribution >= 4 is 29.3 Å². The first-order chi connectivity index (χ1) is 22.4. The number of hydrogen-bond acceptors (Lipinski definition) is 8. The Hall–Kier alpha value is -5.46. The van der Waals surface area contributed by atoms with Gasteiger partial charge in [-0.25, -0.2) is 4.79 Å². The molecule has 0 amide bonds. The smallest absolute Gasteiger partial charge is 0.335 e. The van der Waals surface area contributed by atoms with Crippen molar-refractivity contribution in [1.82, 2.24) is 4.98 Å². The Kier molecular flexibility index (Phi) is 10.8. The second-order valence-corrected chi connectivity index (χ2v) is 11.2. The molecule has 0 unspecified atom stereocenters. The minimum atomic E-state index is -1.06. The third-order valence-corrected chi connectivity index (χ3v) is 7.78. The molecule has 0 atom stereocenters. The summed E-state index contributed by atoms with van der Waals surface area (Å²) in [7, 11) is 0. The number of carboxylic acids is 1. The van der Waals surface area contributed by atoms with E-state index in [9.17, 15) is 15.2 Å². The van der Waals surface area contributed by atoms with Gasteiger partial charge >= 0.3 is 5.97 Å². The van der Waals surface area contributed by atoms with E-state index in [1.807, 2.05) is 73.0 Å². The molecule has 232 valence electrons. The van der Waals surface area contributed by atoms with E-state index in [0.29, 0.717) is 48.9 Å². The molecule has 0 aliphatic rings. The van der Waals surface area contributed by atoms with Gasteiger partial charge < -0.3 is 24.2 Å². The van der Waals surface area contributed by atoms with Gasteiger partial charge in [0.05, 0.1) is 23.8 Å². The fraction of sp³-hybridized carbons (Fsp3) is 0.162. The van der Waals surface area contributed by atoms with Gasteiger partial charge in [-0.3, -0.25) is 4.98 Å². The predicted octanol–water partition coefficient (Wildman–Crippen LogP) is 8.27. The molecule has 1 aromatic heterocycles. The van der Waals surface area contributed by atoms with Crippen molar-refractivity contribution in [2.75, 3.05) is 22.5 Å². The average molecular weight is 631 g/mol. The molecule has 9 heteroatoms. The van der Waals surface area contributed by atoms with E-state index in [0.717, 1.165) is 33.6 Å². The molecule has 0 aliphatic heterocycles. The van der Waals surface area contributed by atoms with Crippen molar-refractivity contribution < 1.29 is 19.4 Å². The second kappa shape index (κ2) is 15.5. The van der Waals surface area contributed by atoms with Gasteiger partial charge in [-0.2, -0.15) is 5.26 Å². The highest BCUT2D eigenvalue weighted by molar-refractivity contribution is 7.99. The zero-order chi connectivity index (χ0) is 32.3. The summed E-state index contributed by atoms with van der Waals surface area (Å²) in [5.41, 5.74) is 7.21. The van der Waals surface area contributed by atoms with Gasteiger partial charge in [-0.15, -0.1) is 0 Å². The molecule has 0 saturated heterocycles. The van der Waals surface area contributed by atoms with E-state index < -0.39 is 5.97 Å². The van der Waals surface area contributed by atoms with Crippen molar-refractivity contribution in [1.29, 1.82) is 5.26 Å². The summed E-state index contributed by atoms with van der Waals surface area (Å²) >= 11 is 1.55. The molecule has 0 radical (unpaired) electrons. The molecule has 4 aromatic carbocycles. The number of benzene rings is 4. The highest BCUT2D eigenvalue weighted by Gasteiger charge is 2.15. The highest BCUT2D eigenvalue weighted by Crippen LogP contribution is 2.32. The quantitative estimate of drug-likeness (QED) is 0.117. The maximum Gasteiger partial charge on any atom is 0.335 e. The zero-order valence-electron chi connectivity index (χ0n) is 25.6. The molecule has 5 rings (SSSR count). The number of hydrogen-bond donors (Lipinski definition) is 2. The Morgan fingerprint density at radius 1 is 0.913 bits per heavy atom. The predicted molar refractivity (Wildman–Crippen MR) is 183 cm³/mol. The maximum absolute atomic E-state index is 11.8. The van der Waals surface area contributed by atoms with Gasteiger partial charge in [0.1, 0.15) is 17.2 Å². The first-order valence-electron chi connectivity index (χ1n) is 14.7. The van der Waals surface area contributed by atoms with Gasteiger partial charge in [0.25, 0.3) is 0 Å². The van der Waals surface area contributed by atoms with Crippen molar-refractivity contribution in [3.05, 3.63) is 143 Å². The van der Waals surface area contributed by atoms with Crippen LogP contribution in [0, 0.1) is 18.3 Å². The van der Waals surface area contributed by atoms with Crippen LogP contribution in [0.1, 0.15) is 38.2 Å². The number of rotatable bonds is 14. The minimum Gasteiger partial charge on any atom is -0.493 e. The summed E-state index contributed by atoms with van der Waals surface area (Å²) in [4.78, 5) is 18.2. The summed E-state index contributed by atoms with van der Waals surface area (Å²) < 4.78 is 15.3. The number of aromatic carboxylic acids is 1. The number of carboxylic acid groups (broad SMARTS) is 1. The molecular weight excluding hydrogens is 596 g/mol. The van der Waals surface area contributed by atoms with E-state index in [1.165, 1.54) is 12.1 Å². The molecular formula is C37H34N4O4S. The second-order valence-electron chi connectivity index (χ2n) is 10.6. The Bertz CT molecular complexity index is 1810. The van der Waals surface area contributed by atoms with Crippen LogP contribution < -0.4 is 19.1 Å². The topological polar surface area (TPSA) is 108 Å². The number of carbonyl (C=O) groups is 1. The molecule has 0 fully saturated rings. The number of pyridine rings is 1. The lowest BCUT2D eigenvalue weighted by Gasteiger charge is -2.28. The molecule has 8 nitrogen and oxygen atoms in total. The number of anilines is 2. The molecule has 0 spiro atoms. The van der Waals surface area contributed by atoms with Crippen LogP contribution in [-0.2, 0) is 19.5 Å². The normalized spacial score (nSPS) is 10.5. The monoisotopic (exact) mass is 630 g/mol. The van der Waals surface area contributed by atoms with Crippen LogP contribution in [0.4, 0.5) is 11.4 Å². The average Bonchev–Trinajstić information content (AvgIpc) is 3.07. The molecule has 5 aromatic rings. The van der Waals surface area contributed by atoms with Gasteiger partial charge in [-0.1, -0.05) is 48.3 Å². The fourth-order valence-electron chi connectivity index (χ4n) is 5.01. The van der Waals surface area contributed by atoms with Crippen LogP contribution in [0.5, 0.6) is 17.2 Å². The van der Waals surface area contributed by atoms with E-state index in [4.69, 9.17) is 9.47 Å². The molecule has 0 aliphatic carbocycles. The van der Waals surface area contributed by atoms with Crippen LogP contribution in [0.25, 0.3) is 0 Å². The van der Waals surface area contributed by atoms with Crippen molar-refractivity contribution in [3.8, 4) is 23.3 Å². The van der Waals surface area contributed by atoms with Crippen LogP contribution in [-0.4, -0.2) is 28.9 Å². The SMILES string of the molecule is CSNc1cccc(N(Cc2ccc(C#N)cc2)Cc2ccc(Oc3cc(OCCc4cccnc4)cc(C(=O)O)c3)cc2)c1C. The third-order valence-electron chi connectivity index (χ3n) is 7.36. The Morgan fingerprint density at radius 2 is 1.63 bits per heavy atom. The summed E-state index contributed by atoms with van der Waals surface area (Å²) in [5.74, 6) is 0.309. The van der Waals surface area contributed by atoms with Crippen LogP contribution in [0.2, 0.25) is 0 Å². The molecule has 46 heavy (non-hydrogen) atoms. The molecule has 0 saturated carbocycles. The van der Waals surface area contributed by atoms with E-state index >= 15 is 0 Å². The highest BCUT2D eigenvalue weighted by atomic mass is 32.2. The Balaban J connectivity index is 1.32. The van der Waals surface area contributed by atoms with Gasteiger partial charge in [-0.05, 0) is 83.8 Å². The number of ether oxygens (including phenoxy) is 2. The number of aromatic nitrogens is 1. The van der Waals surface area contributed by atoms with Gasteiger partial charge in [0, 0.05) is 55.6 Å². The summed E-state index contributed by atoms with van der Waals surface area (Å²) in [6, 6.07) is 32.4. The van der Waals surface area contributed by atoms with Crippen molar-refractivity contribution in [3.63, 3.8) is 0 Å². The zero-order valence-corrected chi connectivity index (χ0v) is 26.5. The van der Waals surface area contributed by atoms with Crippen LogP contribution in [0.3, 0.4) is 0 Å². The van der Waals surface area contributed by atoms with E-state index in [-0.39, 0.29) is 5.56 Å². The Morgan fingerprint density at radius 3 is 2.28 bits per heavy atom. The molecule has 0 bridgehead atoms. The third kappa shape index (κ3) is 8.58. The summed E-state index contributed by atoms with van der Waals surface area (Å²) in [5, 5.41) is 18.9. The first-order valence-corrected chi connectivity index (χ1v) is 15.9. The lowest BCUT2D eigenvalue weighted by molar-refractivity contribution is 0.0696. The lowest BCUT2D eigenvalue weighted by atomic mass is 10.1. The number of nitriles is 1. The van der Waals surface area contributed by atoms with E-state index in [2.05, 4.69) is 39.7 Å². The fourth-order valence-corrected chi connectivity index (χ4v) is 5.45. The van der Waals surface area contributed by atoms with Crippen LogP contribution >= 0.6 is 11.9 Å². The van der Waals surface area contributed by atoms with Crippen molar-refractivity contribution in [2.45, 2.75) is 26.4 Å². The lowest BCUT2D eigenvalue weighted by Crippen LogP contribution is -2.23.